The van der Waals surface area contributed by atoms with Crippen LogP contribution in [0.1, 0.15) is 49.7 Å². The van der Waals surface area contributed by atoms with Crippen LogP contribution in [0.3, 0.4) is 0 Å². The highest BCUT2D eigenvalue weighted by Crippen LogP contribution is 2.66. The van der Waals surface area contributed by atoms with Crippen molar-refractivity contribution >= 4 is 29.2 Å². The summed E-state index contributed by atoms with van der Waals surface area (Å²) in [5, 5.41) is 2.12. The smallest absolute Gasteiger partial charge is 0.418 e. The Morgan fingerprint density at radius 3 is 2.35 bits per heavy atom. The van der Waals surface area contributed by atoms with Crippen LogP contribution in [-0.4, -0.2) is 18.5 Å². The van der Waals surface area contributed by atoms with Crippen molar-refractivity contribution in [3.8, 4) is 0 Å². The Kier molecular flexibility index (Phi) is 5.66. The number of carbonyl (C=O) groups is 2. The van der Waals surface area contributed by atoms with Crippen LogP contribution in [0, 0.1) is 17.3 Å². The monoisotopic (exact) mass is 491 g/mol. The molecule has 0 aliphatic heterocycles. The lowest BCUT2D eigenvalue weighted by Crippen LogP contribution is -2.57. The zero-order valence-electron chi connectivity index (χ0n) is 18.5. The van der Waals surface area contributed by atoms with Crippen LogP contribution in [0.15, 0.2) is 48.5 Å². The Bertz CT molecular complexity index is 1100. The molecule has 2 unspecified atom stereocenters. The van der Waals surface area contributed by atoms with Crippen LogP contribution < -0.4 is 5.32 Å². The van der Waals surface area contributed by atoms with E-state index in [4.69, 9.17) is 16.3 Å². The second-order valence-electron chi connectivity index (χ2n) is 10.2. The molecule has 0 saturated heterocycles. The van der Waals surface area contributed by atoms with Gasteiger partial charge < -0.3 is 10.1 Å². The van der Waals surface area contributed by atoms with Gasteiger partial charge in [0.25, 0.3) is 5.91 Å². The number of rotatable bonds is 5. The highest BCUT2D eigenvalue weighted by Gasteiger charge is 2.61. The van der Waals surface area contributed by atoms with E-state index in [1.54, 1.807) is 0 Å². The van der Waals surface area contributed by atoms with Gasteiger partial charge in [0, 0.05) is 5.02 Å². The number of benzene rings is 2. The maximum absolute atomic E-state index is 13.3. The molecule has 34 heavy (non-hydrogen) atoms. The standard InChI is InChI=1S/C26H25ClF3NO3/c27-19-6-7-21(20(9-19)26(28,29)30)31-22(32)14-34-23(33)25-12-16-8-17(13-25)11-24(10-16,15-25)18-4-2-1-3-5-18/h1-7,9,16-17H,8,10-15H2,(H,31,32)/t16-,17+,24?,25?. The molecule has 0 spiro atoms. The van der Waals surface area contributed by atoms with E-state index in [1.165, 1.54) is 11.6 Å². The van der Waals surface area contributed by atoms with Gasteiger partial charge in [0.15, 0.2) is 6.61 Å². The van der Waals surface area contributed by atoms with E-state index in [2.05, 4.69) is 17.4 Å². The summed E-state index contributed by atoms with van der Waals surface area (Å²) in [5.74, 6) is -0.356. The average molecular weight is 492 g/mol. The molecule has 8 heteroatoms. The molecule has 0 heterocycles. The molecule has 0 radical (unpaired) electrons. The molecule has 4 aliphatic carbocycles. The summed E-state index contributed by atoms with van der Waals surface area (Å²) in [7, 11) is 0. The number of esters is 1. The first-order valence-electron chi connectivity index (χ1n) is 11.5. The number of halogens is 4. The van der Waals surface area contributed by atoms with Gasteiger partial charge in [0.2, 0.25) is 0 Å². The summed E-state index contributed by atoms with van der Waals surface area (Å²) in [4.78, 5) is 25.7. The molecule has 4 fully saturated rings. The molecule has 4 aliphatic rings. The molecule has 4 bridgehead atoms. The SMILES string of the molecule is O=C(COC(=O)C12C[C@H]3C[C@@H](C1)CC(c1ccccc1)(C3)C2)Nc1ccc(Cl)cc1C(F)(F)F. The van der Waals surface area contributed by atoms with Gasteiger partial charge in [-0.15, -0.1) is 0 Å². The summed E-state index contributed by atoms with van der Waals surface area (Å²) < 4.78 is 45.3. The maximum Gasteiger partial charge on any atom is 0.418 e. The van der Waals surface area contributed by atoms with Crippen molar-refractivity contribution in [2.45, 2.75) is 50.1 Å². The Hall–Kier alpha value is -2.54. The number of nitrogens with one attached hydrogen (secondary N) is 1. The minimum Gasteiger partial charge on any atom is -0.455 e. The zero-order chi connectivity index (χ0) is 24.1. The van der Waals surface area contributed by atoms with Crippen molar-refractivity contribution in [3.05, 3.63) is 64.7 Å². The van der Waals surface area contributed by atoms with E-state index in [1.807, 2.05) is 18.2 Å². The van der Waals surface area contributed by atoms with Crippen molar-refractivity contribution < 1.29 is 27.5 Å². The molecule has 4 saturated carbocycles. The molecular formula is C26H25ClF3NO3. The first kappa shape index (κ1) is 23.2. The van der Waals surface area contributed by atoms with Gasteiger partial charge in [0.05, 0.1) is 16.7 Å². The fourth-order valence-corrected chi connectivity index (χ4v) is 7.13. The summed E-state index contributed by atoms with van der Waals surface area (Å²) in [6, 6.07) is 13.4. The predicted octanol–water partition coefficient (Wildman–Crippen LogP) is 6.38. The first-order valence-corrected chi connectivity index (χ1v) is 11.9. The van der Waals surface area contributed by atoms with E-state index in [0.717, 1.165) is 44.2 Å². The van der Waals surface area contributed by atoms with Crippen LogP contribution >= 0.6 is 11.6 Å². The Balaban J connectivity index is 1.29. The molecule has 2 aromatic carbocycles. The number of ether oxygens (including phenoxy) is 1. The number of hydrogen-bond donors (Lipinski definition) is 1. The molecule has 1 N–H and O–H groups in total. The third-order valence-electron chi connectivity index (χ3n) is 7.78. The second kappa shape index (κ2) is 8.29. The van der Waals surface area contributed by atoms with Gasteiger partial charge >= 0.3 is 12.1 Å². The van der Waals surface area contributed by atoms with Gasteiger partial charge in [-0.2, -0.15) is 13.2 Å². The largest absolute Gasteiger partial charge is 0.455 e. The molecule has 180 valence electrons. The van der Waals surface area contributed by atoms with Crippen LogP contribution in [0.25, 0.3) is 0 Å². The molecule has 4 atom stereocenters. The van der Waals surface area contributed by atoms with Gasteiger partial charge in [-0.3, -0.25) is 9.59 Å². The van der Waals surface area contributed by atoms with Crippen molar-refractivity contribution in [3.63, 3.8) is 0 Å². The lowest BCUT2D eigenvalue weighted by molar-refractivity contribution is -0.175. The number of amides is 1. The minimum absolute atomic E-state index is 0.0580. The molecule has 4 nitrogen and oxygen atoms in total. The van der Waals surface area contributed by atoms with Crippen molar-refractivity contribution in [1.82, 2.24) is 0 Å². The number of carbonyl (C=O) groups excluding carboxylic acids is 2. The van der Waals surface area contributed by atoms with Gasteiger partial charge in [0.1, 0.15) is 0 Å². The Morgan fingerprint density at radius 1 is 1.03 bits per heavy atom. The molecular weight excluding hydrogens is 467 g/mol. The van der Waals surface area contributed by atoms with Gasteiger partial charge in [-0.1, -0.05) is 41.9 Å². The third-order valence-corrected chi connectivity index (χ3v) is 8.01. The first-order chi connectivity index (χ1) is 16.1. The molecule has 1 amide bonds. The highest BCUT2D eigenvalue weighted by molar-refractivity contribution is 6.30. The second-order valence-corrected chi connectivity index (χ2v) is 10.6. The fraction of sp³-hybridized carbons (Fsp3) is 0.462. The average Bonchev–Trinajstić information content (AvgIpc) is 2.78. The molecule has 2 aromatic rings. The topological polar surface area (TPSA) is 55.4 Å². The summed E-state index contributed by atoms with van der Waals surface area (Å²) >= 11 is 5.69. The number of anilines is 1. The summed E-state index contributed by atoms with van der Waals surface area (Å²) in [6.45, 7) is -0.631. The zero-order valence-corrected chi connectivity index (χ0v) is 19.2. The normalized spacial score (nSPS) is 29.6. The van der Waals surface area contributed by atoms with E-state index in [-0.39, 0.29) is 10.4 Å². The van der Waals surface area contributed by atoms with E-state index >= 15 is 0 Å². The van der Waals surface area contributed by atoms with E-state index in [9.17, 15) is 22.8 Å². The quantitative estimate of drug-likeness (QED) is 0.494. The van der Waals surface area contributed by atoms with Crippen LogP contribution in [0.5, 0.6) is 0 Å². The van der Waals surface area contributed by atoms with Gasteiger partial charge in [-0.25, -0.2) is 0 Å². The molecule has 6 rings (SSSR count). The summed E-state index contributed by atoms with van der Waals surface area (Å²) in [5.41, 5.74) is -0.919. The van der Waals surface area contributed by atoms with Crippen LogP contribution in [0.4, 0.5) is 18.9 Å². The third kappa shape index (κ3) is 4.19. The van der Waals surface area contributed by atoms with Crippen molar-refractivity contribution in [1.29, 1.82) is 0 Å². The highest BCUT2D eigenvalue weighted by atomic mass is 35.5. The van der Waals surface area contributed by atoms with E-state index in [0.29, 0.717) is 18.3 Å². The Morgan fingerprint density at radius 2 is 1.71 bits per heavy atom. The van der Waals surface area contributed by atoms with Crippen molar-refractivity contribution in [2.24, 2.45) is 17.3 Å². The lowest BCUT2D eigenvalue weighted by Gasteiger charge is -2.61. The minimum atomic E-state index is -4.69. The Labute approximate surface area is 200 Å². The van der Waals surface area contributed by atoms with Crippen LogP contribution in [0.2, 0.25) is 5.02 Å². The lowest BCUT2D eigenvalue weighted by atomic mass is 9.43. The maximum atomic E-state index is 13.3. The number of hydrogen-bond acceptors (Lipinski definition) is 3. The summed E-state index contributed by atoms with van der Waals surface area (Å²) in [6.07, 6.45) is 0.713. The van der Waals surface area contributed by atoms with Gasteiger partial charge in [-0.05, 0) is 79.5 Å². The molecule has 0 aromatic heterocycles. The fourth-order valence-electron chi connectivity index (χ4n) is 6.96. The van der Waals surface area contributed by atoms with E-state index < -0.39 is 41.3 Å². The van der Waals surface area contributed by atoms with Crippen LogP contribution in [-0.2, 0) is 25.9 Å². The predicted molar refractivity (Wildman–Crippen MR) is 121 cm³/mol. The van der Waals surface area contributed by atoms with Crippen molar-refractivity contribution in [2.75, 3.05) is 11.9 Å². The number of alkyl halides is 3.